The summed E-state index contributed by atoms with van der Waals surface area (Å²) in [5.41, 5.74) is 0.787. The highest BCUT2D eigenvalue weighted by Gasteiger charge is 2.22. The first-order chi connectivity index (χ1) is 7.22. The summed E-state index contributed by atoms with van der Waals surface area (Å²) in [6.45, 7) is 1.06. The van der Waals surface area contributed by atoms with Crippen LogP contribution >= 0.6 is 27.5 Å². The number of amides is 1. The van der Waals surface area contributed by atoms with E-state index in [0.29, 0.717) is 18.9 Å². The van der Waals surface area contributed by atoms with Gasteiger partial charge in [-0.2, -0.15) is 0 Å². The van der Waals surface area contributed by atoms with Gasteiger partial charge in [0.05, 0.1) is 12.2 Å². The highest BCUT2D eigenvalue weighted by molar-refractivity contribution is 9.10. The van der Waals surface area contributed by atoms with Crippen molar-refractivity contribution in [2.24, 2.45) is 0 Å². The van der Waals surface area contributed by atoms with Gasteiger partial charge in [0.25, 0.3) is 0 Å². The molecule has 0 aliphatic carbocycles. The third-order valence-electron chi connectivity index (χ3n) is 2.20. The summed E-state index contributed by atoms with van der Waals surface area (Å²) in [4.78, 5) is 13.2. The largest absolute Gasteiger partial charge is 0.489 e. The molecule has 0 spiro atoms. The smallest absolute Gasteiger partial charge is 0.242 e. The Morgan fingerprint density at radius 3 is 3.13 bits per heavy atom. The number of alkyl halides is 1. The van der Waals surface area contributed by atoms with Crippen LogP contribution in [0.15, 0.2) is 22.7 Å². The van der Waals surface area contributed by atoms with Crippen molar-refractivity contribution in [3.8, 4) is 5.75 Å². The number of carbonyl (C=O) groups excluding carboxylic acids is 1. The first kappa shape index (κ1) is 10.8. The molecule has 0 aromatic heterocycles. The summed E-state index contributed by atoms with van der Waals surface area (Å²) in [5, 5.41) is 0. The molecule has 1 aliphatic heterocycles. The van der Waals surface area contributed by atoms with E-state index in [2.05, 4.69) is 15.9 Å². The van der Waals surface area contributed by atoms with E-state index in [1.54, 1.807) is 4.90 Å². The molecular formula is C10H9BrClNO2. The van der Waals surface area contributed by atoms with Gasteiger partial charge in [-0.05, 0) is 18.2 Å². The number of hydrogen-bond donors (Lipinski definition) is 0. The maximum Gasteiger partial charge on any atom is 0.242 e. The summed E-state index contributed by atoms with van der Waals surface area (Å²) in [6.07, 6.45) is 0. The fourth-order valence-electron chi connectivity index (χ4n) is 1.53. The van der Waals surface area contributed by atoms with Gasteiger partial charge in [0.1, 0.15) is 18.2 Å². The Hall–Kier alpha value is -0.740. The molecule has 1 aromatic rings. The first-order valence-corrected chi connectivity index (χ1v) is 5.84. The highest BCUT2D eigenvalue weighted by atomic mass is 79.9. The lowest BCUT2D eigenvalue weighted by Crippen LogP contribution is -2.38. The Bertz CT molecular complexity index is 397. The molecule has 0 saturated carbocycles. The third kappa shape index (κ3) is 2.11. The highest BCUT2D eigenvalue weighted by Crippen LogP contribution is 2.34. The monoisotopic (exact) mass is 289 g/mol. The Morgan fingerprint density at radius 2 is 2.40 bits per heavy atom. The van der Waals surface area contributed by atoms with Crippen molar-refractivity contribution in [2.75, 3.05) is 23.9 Å². The van der Waals surface area contributed by atoms with Gasteiger partial charge in [-0.3, -0.25) is 4.79 Å². The van der Waals surface area contributed by atoms with Gasteiger partial charge in [0.2, 0.25) is 5.91 Å². The van der Waals surface area contributed by atoms with E-state index >= 15 is 0 Å². The molecule has 0 saturated heterocycles. The second-order valence-corrected chi connectivity index (χ2v) is 4.32. The van der Waals surface area contributed by atoms with Crippen LogP contribution in [0.5, 0.6) is 5.75 Å². The lowest BCUT2D eigenvalue weighted by molar-refractivity contribution is -0.116. The number of nitrogens with zero attached hydrogens (tertiary/aromatic N) is 1. The summed E-state index contributed by atoms with van der Waals surface area (Å²) in [6, 6.07) is 5.58. The fraction of sp³-hybridized carbons (Fsp3) is 0.300. The number of fused-ring (bicyclic) bond motifs is 1. The van der Waals surface area contributed by atoms with Gasteiger partial charge in [-0.25, -0.2) is 0 Å². The van der Waals surface area contributed by atoms with Gasteiger partial charge < -0.3 is 9.64 Å². The minimum atomic E-state index is -0.0939. The number of rotatable bonds is 1. The van der Waals surface area contributed by atoms with Crippen molar-refractivity contribution in [1.82, 2.24) is 0 Å². The van der Waals surface area contributed by atoms with Crippen molar-refractivity contribution in [2.45, 2.75) is 0 Å². The van der Waals surface area contributed by atoms with Crippen LogP contribution < -0.4 is 9.64 Å². The van der Waals surface area contributed by atoms with Crippen molar-refractivity contribution >= 4 is 39.1 Å². The Kier molecular flexibility index (Phi) is 3.17. The van der Waals surface area contributed by atoms with Crippen LogP contribution in [0.25, 0.3) is 0 Å². The summed E-state index contributed by atoms with van der Waals surface area (Å²) < 4.78 is 6.39. The maximum atomic E-state index is 11.5. The maximum absolute atomic E-state index is 11.5. The van der Waals surface area contributed by atoms with Crippen molar-refractivity contribution in [3.05, 3.63) is 22.7 Å². The summed E-state index contributed by atoms with van der Waals surface area (Å²) in [7, 11) is 0. The van der Waals surface area contributed by atoms with E-state index in [1.807, 2.05) is 18.2 Å². The summed E-state index contributed by atoms with van der Waals surface area (Å²) >= 11 is 8.90. The Labute approximate surface area is 101 Å². The van der Waals surface area contributed by atoms with Crippen LogP contribution in [0.2, 0.25) is 0 Å². The molecule has 0 bridgehead atoms. The number of ether oxygens (including phenoxy) is 1. The third-order valence-corrected chi connectivity index (χ3v) is 2.92. The van der Waals surface area contributed by atoms with E-state index in [4.69, 9.17) is 16.3 Å². The molecule has 80 valence electrons. The lowest BCUT2D eigenvalue weighted by Gasteiger charge is -2.29. The van der Waals surface area contributed by atoms with Crippen LogP contribution in [0.1, 0.15) is 0 Å². The molecule has 0 atom stereocenters. The molecule has 15 heavy (non-hydrogen) atoms. The number of hydrogen-bond acceptors (Lipinski definition) is 2. The van der Waals surface area contributed by atoms with Crippen LogP contribution in [0.4, 0.5) is 5.69 Å². The zero-order valence-corrected chi connectivity index (χ0v) is 10.2. The van der Waals surface area contributed by atoms with Gasteiger partial charge in [-0.1, -0.05) is 15.9 Å². The molecule has 0 fully saturated rings. The molecule has 3 nitrogen and oxygen atoms in total. The second kappa shape index (κ2) is 4.41. The van der Waals surface area contributed by atoms with Gasteiger partial charge in [-0.15, -0.1) is 11.6 Å². The number of benzene rings is 1. The quantitative estimate of drug-likeness (QED) is 0.743. The van der Waals surface area contributed by atoms with Crippen molar-refractivity contribution < 1.29 is 9.53 Å². The normalized spacial score (nSPS) is 14.4. The second-order valence-electron chi connectivity index (χ2n) is 3.14. The molecule has 1 amide bonds. The molecule has 0 unspecified atom stereocenters. The van der Waals surface area contributed by atoms with E-state index in [9.17, 15) is 4.79 Å². The minimum Gasteiger partial charge on any atom is -0.489 e. The molecule has 1 aliphatic rings. The zero-order chi connectivity index (χ0) is 10.8. The topological polar surface area (TPSA) is 29.5 Å². The Morgan fingerprint density at radius 1 is 1.60 bits per heavy atom. The van der Waals surface area contributed by atoms with E-state index in [-0.39, 0.29) is 11.8 Å². The number of carbonyl (C=O) groups is 1. The molecular weight excluding hydrogens is 281 g/mol. The van der Waals surface area contributed by atoms with Crippen molar-refractivity contribution in [3.63, 3.8) is 0 Å². The standard InChI is InChI=1S/C10H9BrClNO2/c11-7-1-2-8-9(5-7)15-4-3-13(8)10(14)6-12/h1-2,5H,3-4,6H2. The summed E-state index contributed by atoms with van der Waals surface area (Å²) in [5.74, 6) is 0.618. The zero-order valence-electron chi connectivity index (χ0n) is 7.87. The fourth-order valence-corrected chi connectivity index (χ4v) is 2.01. The first-order valence-electron chi connectivity index (χ1n) is 4.51. The number of halogens is 2. The van der Waals surface area contributed by atoms with Gasteiger partial charge in [0, 0.05) is 4.47 Å². The molecule has 1 heterocycles. The molecule has 0 N–H and O–H groups in total. The Balaban J connectivity index is 2.38. The lowest BCUT2D eigenvalue weighted by atomic mass is 10.2. The predicted octanol–water partition coefficient (Wildman–Crippen LogP) is 2.41. The van der Waals surface area contributed by atoms with Gasteiger partial charge >= 0.3 is 0 Å². The van der Waals surface area contributed by atoms with Crippen LogP contribution in [-0.2, 0) is 4.79 Å². The SMILES string of the molecule is O=C(CCl)N1CCOc2cc(Br)ccc21. The van der Waals surface area contributed by atoms with Crippen LogP contribution in [0, 0.1) is 0 Å². The molecule has 1 aromatic carbocycles. The van der Waals surface area contributed by atoms with Crippen molar-refractivity contribution in [1.29, 1.82) is 0 Å². The average molecular weight is 291 g/mol. The van der Waals surface area contributed by atoms with Gasteiger partial charge in [0.15, 0.2) is 0 Å². The molecule has 5 heteroatoms. The molecule has 0 radical (unpaired) electrons. The van der Waals surface area contributed by atoms with Crippen LogP contribution in [-0.4, -0.2) is 24.9 Å². The minimum absolute atomic E-state index is 0.00446. The predicted molar refractivity (Wildman–Crippen MR) is 62.7 cm³/mol. The molecule has 2 rings (SSSR count). The van der Waals surface area contributed by atoms with E-state index in [1.165, 1.54) is 0 Å². The van der Waals surface area contributed by atoms with Crippen LogP contribution in [0.3, 0.4) is 0 Å². The number of anilines is 1. The van der Waals surface area contributed by atoms with E-state index in [0.717, 1.165) is 10.2 Å². The average Bonchev–Trinajstić information content (AvgIpc) is 2.26. The van der Waals surface area contributed by atoms with E-state index < -0.39 is 0 Å².